The minimum absolute atomic E-state index is 0.172. The van der Waals surface area contributed by atoms with Gasteiger partial charge in [0.15, 0.2) is 0 Å². The minimum atomic E-state index is -0.763. The fourth-order valence-corrected chi connectivity index (χ4v) is 6.94. The summed E-state index contributed by atoms with van der Waals surface area (Å²) in [6.07, 6.45) is 6.66. The van der Waals surface area contributed by atoms with Crippen LogP contribution in [-0.2, 0) is 19.1 Å². The van der Waals surface area contributed by atoms with Crippen molar-refractivity contribution in [2.24, 2.45) is 0 Å². The molecule has 0 aromatic heterocycles. The maximum atomic E-state index is 13.0. The van der Waals surface area contributed by atoms with E-state index in [4.69, 9.17) is 9.47 Å². The Bertz CT molecular complexity index is 742. The van der Waals surface area contributed by atoms with Crippen molar-refractivity contribution >= 4 is 11.9 Å². The topological polar surface area (TPSA) is 83.1 Å². The molecular formula is C28H52N4O4. The molecule has 208 valence electrons. The van der Waals surface area contributed by atoms with Crippen LogP contribution in [0.4, 0.5) is 0 Å². The summed E-state index contributed by atoms with van der Waals surface area (Å²) in [6.45, 7) is 18.4. The molecule has 0 aliphatic carbocycles. The van der Waals surface area contributed by atoms with Gasteiger partial charge in [-0.25, -0.2) is 0 Å². The Labute approximate surface area is 219 Å². The van der Waals surface area contributed by atoms with Crippen molar-refractivity contribution in [3.8, 4) is 0 Å². The predicted octanol–water partition coefficient (Wildman–Crippen LogP) is 3.11. The molecule has 2 saturated heterocycles. The molecule has 2 N–H and O–H groups in total. The lowest BCUT2D eigenvalue weighted by Crippen LogP contribution is -2.70. The summed E-state index contributed by atoms with van der Waals surface area (Å²) in [7, 11) is 7.16. The monoisotopic (exact) mass is 508 g/mol. The number of piperidine rings is 2. The van der Waals surface area contributed by atoms with E-state index in [0.717, 1.165) is 0 Å². The van der Waals surface area contributed by atoms with Crippen LogP contribution < -0.4 is 10.6 Å². The number of rotatable bonds is 8. The molecule has 2 aliphatic heterocycles. The molecule has 0 saturated carbocycles. The van der Waals surface area contributed by atoms with Gasteiger partial charge in [0.05, 0.1) is 14.2 Å². The van der Waals surface area contributed by atoms with Crippen LogP contribution >= 0.6 is 0 Å². The van der Waals surface area contributed by atoms with Gasteiger partial charge in [0.25, 0.3) is 0 Å². The molecule has 8 heteroatoms. The number of ether oxygens (including phenoxy) is 2. The summed E-state index contributed by atoms with van der Waals surface area (Å²) >= 11 is 0. The van der Waals surface area contributed by atoms with E-state index in [0.29, 0.717) is 38.8 Å². The first kappa shape index (κ1) is 30.7. The standard InChI is InChI=1S/C28H52N4O4/c1-23(2)17-27(21(33)35-11,18-24(3,4)31(23)9)29-15-13-14-16-30-28(22(34)36-12)19-25(5,6)32(10)26(7,8)20-28/h13-14,29-30H,15-20H2,1-12H3. The Balaban J connectivity index is 2.13. The second-order valence-electron chi connectivity index (χ2n) is 13.5. The second kappa shape index (κ2) is 10.4. The number of nitrogens with one attached hydrogen (secondary N) is 2. The number of esters is 2. The first-order chi connectivity index (χ1) is 16.3. The Kier molecular flexibility index (Phi) is 8.84. The third-order valence-corrected chi connectivity index (χ3v) is 9.01. The van der Waals surface area contributed by atoms with Crippen LogP contribution in [0.2, 0.25) is 0 Å². The van der Waals surface area contributed by atoms with E-state index >= 15 is 0 Å². The van der Waals surface area contributed by atoms with Crippen LogP contribution in [0.3, 0.4) is 0 Å². The normalized spacial score (nSPS) is 26.4. The molecule has 0 aromatic carbocycles. The smallest absolute Gasteiger partial charge is 0.326 e. The highest BCUT2D eigenvalue weighted by atomic mass is 16.5. The molecule has 2 heterocycles. The van der Waals surface area contributed by atoms with Crippen molar-refractivity contribution in [1.82, 2.24) is 20.4 Å². The van der Waals surface area contributed by atoms with E-state index in [1.165, 1.54) is 14.2 Å². The van der Waals surface area contributed by atoms with Crippen molar-refractivity contribution < 1.29 is 19.1 Å². The molecule has 2 aliphatic rings. The molecule has 0 radical (unpaired) electrons. The molecule has 2 rings (SSSR count). The zero-order valence-corrected chi connectivity index (χ0v) is 24.9. The van der Waals surface area contributed by atoms with Crippen LogP contribution in [0, 0.1) is 0 Å². The quantitative estimate of drug-likeness (QED) is 0.382. The van der Waals surface area contributed by atoms with E-state index < -0.39 is 11.1 Å². The van der Waals surface area contributed by atoms with Crippen LogP contribution in [0.15, 0.2) is 12.2 Å². The summed E-state index contributed by atoms with van der Waals surface area (Å²) < 4.78 is 10.5. The van der Waals surface area contributed by atoms with Gasteiger partial charge in [0.2, 0.25) is 0 Å². The fourth-order valence-electron chi connectivity index (χ4n) is 6.94. The molecule has 0 spiro atoms. The lowest BCUT2D eigenvalue weighted by molar-refractivity contribution is -0.159. The number of nitrogens with zero attached hydrogens (tertiary/aromatic N) is 2. The number of likely N-dealkylation sites (tertiary alicyclic amines) is 2. The Hall–Kier alpha value is -1.48. The van der Waals surface area contributed by atoms with E-state index in [2.05, 4.69) is 89.9 Å². The molecule has 36 heavy (non-hydrogen) atoms. The molecular weight excluding hydrogens is 456 g/mol. The highest BCUT2D eigenvalue weighted by Gasteiger charge is 2.56. The van der Waals surface area contributed by atoms with Gasteiger partial charge >= 0.3 is 11.9 Å². The molecule has 0 aromatic rings. The third-order valence-electron chi connectivity index (χ3n) is 9.01. The van der Waals surface area contributed by atoms with E-state index in [9.17, 15) is 9.59 Å². The summed E-state index contributed by atoms with van der Waals surface area (Å²) in [6, 6.07) is 0. The lowest BCUT2D eigenvalue weighted by Gasteiger charge is -2.57. The third kappa shape index (κ3) is 5.98. The van der Waals surface area contributed by atoms with E-state index in [-0.39, 0.29) is 34.1 Å². The van der Waals surface area contributed by atoms with Gasteiger partial charge in [-0.2, -0.15) is 0 Å². The zero-order chi connectivity index (χ0) is 27.8. The zero-order valence-electron chi connectivity index (χ0n) is 24.9. The maximum absolute atomic E-state index is 13.0. The summed E-state index contributed by atoms with van der Waals surface area (Å²) in [4.78, 5) is 30.7. The first-order valence-corrected chi connectivity index (χ1v) is 13.1. The van der Waals surface area contributed by atoms with Crippen molar-refractivity contribution in [3.63, 3.8) is 0 Å². The molecule has 0 amide bonds. The Morgan fingerprint density at radius 3 is 1.11 bits per heavy atom. The van der Waals surface area contributed by atoms with Crippen molar-refractivity contribution in [1.29, 1.82) is 0 Å². The van der Waals surface area contributed by atoms with Crippen molar-refractivity contribution in [3.05, 3.63) is 12.2 Å². The van der Waals surface area contributed by atoms with Crippen molar-refractivity contribution in [2.75, 3.05) is 41.4 Å². The molecule has 0 unspecified atom stereocenters. The van der Waals surface area contributed by atoms with Gasteiger partial charge < -0.3 is 9.47 Å². The fraction of sp³-hybridized carbons (Fsp3) is 0.857. The predicted molar refractivity (Wildman–Crippen MR) is 145 cm³/mol. The summed E-state index contributed by atoms with van der Waals surface area (Å²) in [5, 5.41) is 7.03. The summed E-state index contributed by atoms with van der Waals surface area (Å²) in [5.74, 6) is -0.438. The first-order valence-electron chi connectivity index (χ1n) is 13.1. The largest absolute Gasteiger partial charge is 0.468 e. The van der Waals surface area contributed by atoms with E-state index in [1.54, 1.807) is 0 Å². The number of methoxy groups -OCH3 is 2. The minimum Gasteiger partial charge on any atom is -0.468 e. The van der Waals surface area contributed by atoms with Crippen LogP contribution in [-0.4, -0.2) is 96.4 Å². The summed E-state index contributed by atoms with van der Waals surface area (Å²) in [5.41, 5.74) is -2.21. The van der Waals surface area contributed by atoms with Crippen LogP contribution in [0.5, 0.6) is 0 Å². The number of hydrogen-bond acceptors (Lipinski definition) is 8. The van der Waals surface area contributed by atoms with E-state index in [1.807, 2.05) is 12.2 Å². The number of carbonyl (C=O) groups is 2. The Morgan fingerprint density at radius 2 is 0.889 bits per heavy atom. The lowest BCUT2D eigenvalue weighted by atomic mass is 9.69. The number of hydrogen-bond donors (Lipinski definition) is 2. The molecule has 2 fully saturated rings. The maximum Gasteiger partial charge on any atom is 0.326 e. The Morgan fingerprint density at radius 1 is 0.639 bits per heavy atom. The van der Waals surface area contributed by atoms with Crippen LogP contribution in [0.1, 0.15) is 81.1 Å². The highest BCUT2D eigenvalue weighted by molar-refractivity contribution is 5.82. The molecule has 8 nitrogen and oxygen atoms in total. The van der Waals surface area contributed by atoms with Gasteiger partial charge in [0.1, 0.15) is 11.1 Å². The van der Waals surface area contributed by atoms with Gasteiger partial charge in [0, 0.05) is 35.2 Å². The average molecular weight is 509 g/mol. The number of carbonyl (C=O) groups excluding carboxylic acids is 2. The van der Waals surface area contributed by atoms with Crippen molar-refractivity contribution in [2.45, 2.75) is 114 Å². The van der Waals surface area contributed by atoms with Crippen LogP contribution in [0.25, 0.3) is 0 Å². The second-order valence-corrected chi connectivity index (χ2v) is 13.5. The van der Waals surface area contributed by atoms with Gasteiger partial charge in [-0.3, -0.25) is 30.0 Å². The average Bonchev–Trinajstić information content (AvgIpc) is 2.76. The van der Waals surface area contributed by atoms with Gasteiger partial charge in [-0.05, 0) is 95.2 Å². The highest BCUT2D eigenvalue weighted by Crippen LogP contribution is 2.44. The van der Waals surface area contributed by atoms with Gasteiger partial charge in [-0.15, -0.1) is 0 Å². The van der Waals surface area contributed by atoms with Gasteiger partial charge in [-0.1, -0.05) is 12.2 Å². The molecule has 0 bridgehead atoms. The molecule has 0 atom stereocenters. The SMILES string of the molecule is COC(=O)C1(NCC=CCNC2(C(=O)OC)CC(C)(C)N(C)C(C)(C)C2)CC(C)(C)N(C)C(C)(C)C1.